The topological polar surface area (TPSA) is 39.1 Å². The van der Waals surface area contributed by atoms with E-state index in [1.165, 1.54) is 5.56 Å². The first-order chi connectivity index (χ1) is 7.65. The molecule has 1 aromatic rings. The first kappa shape index (κ1) is 11.1. The SMILES string of the molecule is CCC(=O)C(C)n1c2c(ccc1=O)CCC2. The van der Waals surface area contributed by atoms with Crippen LogP contribution in [0.15, 0.2) is 16.9 Å². The molecule has 86 valence electrons. The van der Waals surface area contributed by atoms with Crippen LogP contribution in [0.25, 0.3) is 0 Å². The van der Waals surface area contributed by atoms with E-state index < -0.39 is 0 Å². The number of hydrogen-bond acceptors (Lipinski definition) is 2. The monoisotopic (exact) mass is 219 g/mol. The standard InChI is InChI=1S/C13H17NO2/c1-3-12(15)9(2)14-11-6-4-5-10(11)7-8-13(14)16/h7-9H,3-6H2,1-2H3. The minimum atomic E-state index is -0.314. The van der Waals surface area contributed by atoms with Crippen LogP contribution in [0, 0.1) is 0 Å². The van der Waals surface area contributed by atoms with Gasteiger partial charge in [-0.05, 0) is 31.7 Å². The van der Waals surface area contributed by atoms with Crippen molar-refractivity contribution in [2.24, 2.45) is 0 Å². The first-order valence-electron chi connectivity index (χ1n) is 5.91. The third kappa shape index (κ3) is 1.70. The van der Waals surface area contributed by atoms with E-state index in [1.807, 2.05) is 19.9 Å². The van der Waals surface area contributed by atoms with Gasteiger partial charge in [-0.25, -0.2) is 0 Å². The van der Waals surface area contributed by atoms with Crippen LogP contribution in [0.1, 0.15) is 44.0 Å². The quantitative estimate of drug-likeness (QED) is 0.778. The molecule has 0 aliphatic heterocycles. The van der Waals surface area contributed by atoms with Gasteiger partial charge in [0.05, 0.1) is 6.04 Å². The molecule has 0 saturated carbocycles. The lowest BCUT2D eigenvalue weighted by Crippen LogP contribution is -2.30. The third-order valence-electron chi connectivity index (χ3n) is 3.39. The van der Waals surface area contributed by atoms with E-state index >= 15 is 0 Å². The van der Waals surface area contributed by atoms with Gasteiger partial charge in [0, 0.05) is 18.2 Å². The van der Waals surface area contributed by atoms with Crippen molar-refractivity contribution in [1.29, 1.82) is 0 Å². The molecule has 0 radical (unpaired) electrons. The Morgan fingerprint density at radius 2 is 2.19 bits per heavy atom. The summed E-state index contributed by atoms with van der Waals surface area (Å²) >= 11 is 0. The summed E-state index contributed by atoms with van der Waals surface area (Å²) in [5.41, 5.74) is 2.26. The number of Topliss-reactive ketones (excluding diaryl/α,β-unsaturated/α-hetero) is 1. The summed E-state index contributed by atoms with van der Waals surface area (Å²) in [6.45, 7) is 3.67. The second-order valence-electron chi connectivity index (χ2n) is 4.36. The molecule has 1 unspecified atom stereocenters. The number of hydrogen-bond donors (Lipinski definition) is 0. The highest BCUT2D eigenvalue weighted by Gasteiger charge is 2.21. The Morgan fingerprint density at radius 3 is 2.88 bits per heavy atom. The van der Waals surface area contributed by atoms with Crippen molar-refractivity contribution >= 4 is 5.78 Å². The van der Waals surface area contributed by atoms with E-state index in [2.05, 4.69) is 0 Å². The minimum Gasteiger partial charge on any atom is -0.302 e. The van der Waals surface area contributed by atoms with Crippen LogP contribution >= 0.6 is 0 Å². The van der Waals surface area contributed by atoms with E-state index in [1.54, 1.807) is 10.6 Å². The number of aryl methyl sites for hydroxylation is 1. The number of fused-ring (bicyclic) bond motifs is 1. The molecule has 0 aromatic carbocycles. The number of pyridine rings is 1. The summed E-state index contributed by atoms with van der Waals surface area (Å²) in [6.07, 6.45) is 3.53. The highest BCUT2D eigenvalue weighted by molar-refractivity contribution is 5.82. The predicted octanol–water partition coefficient (Wildman–Crippen LogP) is 1.88. The molecular weight excluding hydrogens is 202 g/mol. The molecule has 0 bridgehead atoms. The van der Waals surface area contributed by atoms with E-state index in [-0.39, 0.29) is 17.4 Å². The molecule has 2 rings (SSSR count). The summed E-state index contributed by atoms with van der Waals surface area (Å²) in [5.74, 6) is 0.127. The first-order valence-corrected chi connectivity index (χ1v) is 5.91. The molecule has 0 spiro atoms. The number of ketones is 1. The van der Waals surface area contributed by atoms with Gasteiger partial charge in [0.1, 0.15) is 0 Å². The van der Waals surface area contributed by atoms with Crippen LogP contribution in [0.5, 0.6) is 0 Å². The van der Waals surface area contributed by atoms with Gasteiger partial charge in [0.25, 0.3) is 5.56 Å². The Hall–Kier alpha value is -1.38. The molecule has 3 heteroatoms. The normalized spacial score (nSPS) is 15.9. The Kier molecular flexibility index (Phi) is 2.95. The van der Waals surface area contributed by atoms with Crippen molar-refractivity contribution in [2.45, 2.75) is 45.6 Å². The third-order valence-corrected chi connectivity index (χ3v) is 3.39. The van der Waals surface area contributed by atoms with Crippen molar-refractivity contribution in [3.63, 3.8) is 0 Å². The average molecular weight is 219 g/mol. The highest BCUT2D eigenvalue weighted by atomic mass is 16.1. The second kappa shape index (κ2) is 4.24. The molecule has 3 nitrogen and oxygen atoms in total. The van der Waals surface area contributed by atoms with Crippen LogP contribution in [-0.4, -0.2) is 10.4 Å². The molecule has 0 N–H and O–H groups in total. The summed E-state index contributed by atoms with van der Waals surface area (Å²) in [7, 11) is 0. The van der Waals surface area contributed by atoms with Gasteiger partial charge in [0.2, 0.25) is 0 Å². The minimum absolute atomic E-state index is 0.0463. The Labute approximate surface area is 95.1 Å². The predicted molar refractivity (Wildman–Crippen MR) is 62.7 cm³/mol. The van der Waals surface area contributed by atoms with Gasteiger partial charge in [-0.2, -0.15) is 0 Å². The fraction of sp³-hybridized carbons (Fsp3) is 0.538. The van der Waals surface area contributed by atoms with Crippen molar-refractivity contribution in [2.75, 3.05) is 0 Å². The lowest BCUT2D eigenvalue weighted by Gasteiger charge is -2.17. The Bertz CT molecular complexity index is 473. The molecule has 1 aromatic heterocycles. The van der Waals surface area contributed by atoms with Gasteiger partial charge in [-0.1, -0.05) is 13.0 Å². The van der Waals surface area contributed by atoms with Crippen LogP contribution in [0.3, 0.4) is 0 Å². The highest BCUT2D eigenvalue weighted by Crippen LogP contribution is 2.22. The molecule has 0 fully saturated rings. The molecule has 0 saturated heterocycles. The number of carbonyl (C=O) groups is 1. The van der Waals surface area contributed by atoms with Crippen molar-refractivity contribution in [3.8, 4) is 0 Å². The van der Waals surface area contributed by atoms with Crippen LogP contribution < -0.4 is 5.56 Å². The van der Waals surface area contributed by atoms with Crippen LogP contribution in [-0.2, 0) is 17.6 Å². The number of rotatable bonds is 3. The van der Waals surface area contributed by atoms with Crippen molar-refractivity contribution in [1.82, 2.24) is 4.57 Å². The molecular formula is C13H17NO2. The summed E-state index contributed by atoms with van der Waals surface area (Å²) in [4.78, 5) is 23.6. The van der Waals surface area contributed by atoms with Crippen LogP contribution in [0.4, 0.5) is 0 Å². The maximum Gasteiger partial charge on any atom is 0.251 e. The Morgan fingerprint density at radius 1 is 1.44 bits per heavy atom. The van der Waals surface area contributed by atoms with Gasteiger partial charge in [-0.3, -0.25) is 9.59 Å². The van der Waals surface area contributed by atoms with Crippen LogP contribution in [0.2, 0.25) is 0 Å². The summed E-state index contributed by atoms with van der Waals surface area (Å²) in [5, 5.41) is 0. The molecule has 1 aliphatic carbocycles. The zero-order valence-corrected chi connectivity index (χ0v) is 9.82. The number of carbonyl (C=O) groups excluding carboxylic acids is 1. The lowest BCUT2D eigenvalue weighted by atomic mass is 10.1. The van der Waals surface area contributed by atoms with E-state index in [0.29, 0.717) is 6.42 Å². The van der Waals surface area contributed by atoms with Gasteiger partial charge >= 0.3 is 0 Å². The molecule has 16 heavy (non-hydrogen) atoms. The fourth-order valence-corrected chi connectivity index (χ4v) is 2.46. The zero-order chi connectivity index (χ0) is 11.7. The van der Waals surface area contributed by atoms with Gasteiger partial charge in [-0.15, -0.1) is 0 Å². The number of aromatic nitrogens is 1. The average Bonchev–Trinajstić information content (AvgIpc) is 2.75. The van der Waals surface area contributed by atoms with E-state index in [9.17, 15) is 9.59 Å². The lowest BCUT2D eigenvalue weighted by molar-refractivity contribution is -0.121. The van der Waals surface area contributed by atoms with Crippen molar-refractivity contribution < 1.29 is 4.79 Å². The van der Waals surface area contributed by atoms with E-state index in [0.717, 1.165) is 25.0 Å². The maximum absolute atomic E-state index is 11.9. The second-order valence-corrected chi connectivity index (χ2v) is 4.36. The van der Waals surface area contributed by atoms with E-state index in [4.69, 9.17) is 0 Å². The molecule has 1 atom stereocenters. The summed E-state index contributed by atoms with van der Waals surface area (Å²) in [6, 6.07) is 3.18. The molecule has 1 heterocycles. The zero-order valence-electron chi connectivity index (χ0n) is 9.82. The fourth-order valence-electron chi connectivity index (χ4n) is 2.46. The molecule has 0 amide bonds. The number of nitrogens with zero attached hydrogens (tertiary/aromatic N) is 1. The van der Waals surface area contributed by atoms with Gasteiger partial charge in [0.15, 0.2) is 5.78 Å². The maximum atomic E-state index is 11.9. The summed E-state index contributed by atoms with van der Waals surface area (Å²) < 4.78 is 1.69. The van der Waals surface area contributed by atoms with Gasteiger partial charge < -0.3 is 4.57 Å². The molecule has 1 aliphatic rings. The Balaban J connectivity index is 2.52. The van der Waals surface area contributed by atoms with Crippen molar-refractivity contribution in [3.05, 3.63) is 33.7 Å². The largest absolute Gasteiger partial charge is 0.302 e. The smallest absolute Gasteiger partial charge is 0.251 e.